The van der Waals surface area contributed by atoms with Crippen molar-refractivity contribution in [3.63, 3.8) is 0 Å². The van der Waals surface area contributed by atoms with Crippen LogP contribution in [-0.2, 0) is 20.0 Å². The van der Waals surface area contributed by atoms with Crippen LogP contribution in [0.15, 0.2) is 52.3 Å². The van der Waals surface area contributed by atoms with Crippen LogP contribution in [0.2, 0.25) is 5.02 Å². The van der Waals surface area contributed by atoms with Crippen molar-refractivity contribution in [3.8, 4) is 0 Å². The van der Waals surface area contributed by atoms with Crippen molar-refractivity contribution in [1.29, 1.82) is 0 Å². The Morgan fingerprint density at radius 3 is 2.04 bits per heavy atom. The highest BCUT2D eigenvalue weighted by molar-refractivity contribution is 8.04. The molecule has 0 saturated carbocycles. The molecule has 0 spiro atoms. The van der Waals surface area contributed by atoms with E-state index < -0.39 is 35.6 Å². The lowest BCUT2D eigenvalue weighted by atomic mass is 9.99. The zero-order valence-corrected chi connectivity index (χ0v) is 17.8. The molecule has 0 radical (unpaired) electrons. The van der Waals surface area contributed by atoms with Gasteiger partial charge in [0.15, 0.2) is 0 Å². The van der Waals surface area contributed by atoms with Crippen molar-refractivity contribution in [3.05, 3.63) is 63.2 Å². The number of hydrogen-bond acceptors (Lipinski definition) is 6. The molecule has 11 heteroatoms. The summed E-state index contributed by atoms with van der Waals surface area (Å²) in [7, 11) is -8.08. The molecule has 0 amide bonds. The van der Waals surface area contributed by atoms with Gasteiger partial charge in [-0.1, -0.05) is 41.3 Å². The van der Waals surface area contributed by atoms with Gasteiger partial charge in [-0.2, -0.15) is 0 Å². The average molecular weight is 447 g/mol. The molecule has 8 nitrogen and oxygen atoms in total. The van der Waals surface area contributed by atoms with Crippen molar-refractivity contribution in [2.45, 2.75) is 36.0 Å². The predicted octanol–water partition coefficient (Wildman–Crippen LogP) is 3.77. The predicted molar refractivity (Wildman–Crippen MR) is 105 cm³/mol. The molecular formula is C17H19ClN2O6S2. The van der Waals surface area contributed by atoms with Crippen LogP contribution in [-0.4, -0.2) is 32.5 Å². The summed E-state index contributed by atoms with van der Waals surface area (Å²) in [6, 6.07) is 8.73. The molecule has 1 unspecified atom stereocenters. The highest BCUT2D eigenvalue weighted by atomic mass is 35.5. The first-order valence-electron chi connectivity index (χ1n) is 8.21. The Balaban J connectivity index is 2.46. The molecule has 0 bridgehead atoms. The third kappa shape index (κ3) is 4.19. The molecule has 0 aliphatic carbocycles. The van der Waals surface area contributed by atoms with Gasteiger partial charge < -0.3 is 0 Å². The fourth-order valence-electron chi connectivity index (χ4n) is 2.42. The molecule has 28 heavy (non-hydrogen) atoms. The maximum absolute atomic E-state index is 12.8. The van der Waals surface area contributed by atoms with E-state index in [1.165, 1.54) is 12.1 Å². The second-order valence-electron chi connectivity index (χ2n) is 6.14. The number of sulfonamides is 2. The number of nitro benzene ring substituents is 1. The molecule has 2 aromatic carbocycles. The normalized spacial score (nSPS) is 13.5. The van der Waals surface area contributed by atoms with Gasteiger partial charge >= 0.3 is 0 Å². The van der Waals surface area contributed by atoms with Crippen LogP contribution in [0.3, 0.4) is 0 Å². The van der Waals surface area contributed by atoms with E-state index in [4.69, 9.17) is 11.6 Å². The van der Waals surface area contributed by atoms with Gasteiger partial charge in [-0.05, 0) is 42.2 Å². The van der Waals surface area contributed by atoms with Gasteiger partial charge in [-0.3, -0.25) is 10.1 Å². The first-order chi connectivity index (χ1) is 12.9. The number of nitro groups is 1. The molecule has 0 fully saturated rings. The summed E-state index contributed by atoms with van der Waals surface area (Å²) < 4.78 is 51.2. The van der Waals surface area contributed by atoms with Gasteiger partial charge in [-0.25, -0.2) is 16.8 Å². The van der Waals surface area contributed by atoms with Gasteiger partial charge in [0.1, 0.15) is 5.02 Å². The first-order valence-corrected chi connectivity index (χ1v) is 11.5. The molecule has 0 aliphatic heterocycles. The van der Waals surface area contributed by atoms with E-state index in [0.29, 0.717) is 0 Å². The van der Waals surface area contributed by atoms with E-state index in [2.05, 4.69) is 0 Å². The molecule has 0 heterocycles. The fraction of sp³-hybridized carbons (Fsp3) is 0.294. The van der Waals surface area contributed by atoms with E-state index in [9.17, 15) is 26.9 Å². The molecule has 0 saturated heterocycles. The van der Waals surface area contributed by atoms with Crippen LogP contribution in [0.4, 0.5) is 5.69 Å². The van der Waals surface area contributed by atoms with E-state index in [1.54, 1.807) is 12.1 Å². The Kier molecular flexibility index (Phi) is 6.49. The Morgan fingerprint density at radius 1 is 1.04 bits per heavy atom. The lowest BCUT2D eigenvalue weighted by molar-refractivity contribution is -0.384. The third-order valence-corrected chi connectivity index (χ3v) is 9.02. The minimum Gasteiger partial charge on any atom is -0.258 e. The molecule has 2 aromatic rings. The summed E-state index contributed by atoms with van der Waals surface area (Å²) in [4.78, 5) is 9.40. The van der Waals surface area contributed by atoms with Crippen LogP contribution in [0, 0.1) is 10.1 Å². The van der Waals surface area contributed by atoms with Crippen molar-refractivity contribution < 1.29 is 21.8 Å². The van der Waals surface area contributed by atoms with Crippen LogP contribution in [0.5, 0.6) is 0 Å². The second kappa shape index (κ2) is 8.16. The van der Waals surface area contributed by atoms with Crippen molar-refractivity contribution in [2.24, 2.45) is 0 Å². The molecule has 2 rings (SSSR count). The molecular weight excluding hydrogens is 428 g/mol. The minimum absolute atomic E-state index is 0.200. The van der Waals surface area contributed by atoms with Crippen LogP contribution in [0.25, 0.3) is 0 Å². The summed E-state index contributed by atoms with van der Waals surface area (Å²) >= 11 is 5.69. The average Bonchev–Trinajstić information content (AvgIpc) is 2.66. The maximum atomic E-state index is 12.8. The van der Waals surface area contributed by atoms with Crippen LogP contribution >= 0.6 is 11.6 Å². The lowest BCUT2D eigenvalue weighted by Crippen LogP contribution is -2.33. The van der Waals surface area contributed by atoms with Crippen LogP contribution < -0.4 is 0 Å². The zero-order valence-electron chi connectivity index (χ0n) is 15.4. The van der Waals surface area contributed by atoms with Crippen molar-refractivity contribution in [2.75, 3.05) is 7.05 Å². The summed E-state index contributed by atoms with van der Waals surface area (Å²) in [6.07, 6.45) is 0.871. The summed E-state index contributed by atoms with van der Waals surface area (Å²) in [5.41, 5.74) is 0.298. The molecule has 1 atom stereocenters. The molecule has 0 aromatic heterocycles. The largest absolute Gasteiger partial charge is 0.289 e. The van der Waals surface area contributed by atoms with E-state index in [0.717, 1.165) is 37.2 Å². The summed E-state index contributed by atoms with van der Waals surface area (Å²) in [5.74, 6) is 0.229. The Morgan fingerprint density at radius 2 is 1.54 bits per heavy atom. The highest BCUT2D eigenvalue weighted by Crippen LogP contribution is 2.30. The van der Waals surface area contributed by atoms with Crippen molar-refractivity contribution in [1.82, 2.24) is 3.71 Å². The van der Waals surface area contributed by atoms with Crippen LogP contribution in [0.1, 0.15) is 31.7 Å². The minimum atomic E-state index is -4.57. The number of rotatable bonds is 7. The molecule has 0 aliphatic rings. The number of halogens is 1. The smallest absolute Gasteiger partial charge is 0.258 e. The lowest BCUT2D eigenvalue weighted by Gasteiger charge is -2.18. The highest BCUT2D eigenvalue weighted by Gasteiger charge is 2.34. The molecule has 152 valence electrons. The second-order valence-corrected chi connectivity index (χ2v) is 10.7. The molecule has 0 N–H and O–H groups in total. The van der Waals surface area contributed by atoms with E-state index in [-0.39, 0.29) is 19.5 Å². The summed E-state index contributed by atoms with van der Waals surface area (Å²) in [5, 5.41) is 10.7. The number of hydrogen-bond donors (Lipinski definition) is 0. The zero-order chi connectivity index (χ0) is 21.3. The van der Waals surface area contributed by atoms with Gasteiger partial charge in [0.05, 0.1) is 14.7 Å². The fourth-order valence-corrected chi connectivity index (χ4v) is 5.73. The van der Waals surface area contributed by atoms with Gasteiger partial charge in [0.2, 0.25) is 0 Å². The topological polar surface area (TPSA) is 115 Å². The number of nitrogens with zero attached hydrogens (tertiary/aromatic N) is 2. The van der Waals surface area contributed by atoms with Gasteiger partial charge in [0.25, 0.3) is 25.7 Å². The van der Waals surface area contributed by atoms with E-state index >= 15 is 0 Å². The standard InChI is InChI=1S/C17H19ClN2O6S2/c1-4-12(2)13-5-7-14(8-6-13)27(23,24)19(3)28(25,26)15-9-10-16(18)17(11-15)20(21)22/h5-12H,4H2,1-3H3. The Hall–Kier alpha value is -2.01. The Labute approximate surface area is 169 Å². The van der Waals surface area contributed by atoms with Gasteiger partial charge in [0, 0.05) is 13.1 Å². The summed E-state index contributed by atoms with van der Waals surface area (Å²) in [6.45, 7) is 3.99. The Bertz CT molecular complexity index is 1100. The number of benzene rings is 2. The monoisotopic (exact) mass is 446 g/mol. The van der Waals surface area contributed by atoms with Gasteiger partial charge in [-0.15, -0.1) is 0 Å². The van der Waals surface area contributed by atoms with E-state index in [1.807, 2.05) is 13.8 Å². The SMILES string of the molecule is CCC(C)c1ccc(S(=O)(=O)N(C)S(=O)(=O)c2ccc(Cl)c([N+](=O)[O-])c2)cc1. The third-order valence-electron chi connectivity index (χ3n) is 4.45. The van der Waals surface area contributed by atoms with Crippen molar-refractivity contribution >= 4 is 37.3 Å². The quantitative estimate of drug-likeness (QED) is 0.472. The first kappa shape index (κ1) is 22.3. The maximum Gasteiger partial charge on any atom is 0.289 e.